The average molecular weight is 239 g/mol. The first-order valence-corrected chi connectivity index (χ1v) is 5.84. The molecule has 0 fully saturated rings. The molecule has 0 saturated heterocycles. The Morgan fingerprint density at radius 2 is 2.11 bits per heavy atom. The molecule has 0 saturated carbocycles. The SMILES string of the molecule is C/C=C/c1cc2c3c(cccc3c1O)C(=O)N2C. The van der Waals surface area contributed by atoms with Gasteiger partial charge in [0.15, 0.2) is 0 Å². The van der Waals surface area contributed by atoms with Gasteiger partial charge in [0, 0.05) is 28.9 Å². The maximum absolute atomic E-state index is 12.1. The van der Waals surface area contributed by atoms with Crippen molar-refractivity contribution in [3.05, 3.63) is 41.5 Å². The van der Waals surface area contributed by atoms with Gasteiger partial charge in [0.05, 0.1) is 5.69 Å². The number of aromatic hydroxyl groups is 1. The number of phenols is 1. The molecule has 1 amide bonds. The maximum Gasteiger partial charge on any atom is 0.258 e. The van der Waals surface area contributed by atoms with Crippen LogP contribution in [0.2, 0.25) is 0 Å². The van der Waals surface area contributed by atoms with E-state index in [9.17, 15) is 9.90 Å². The van der Waals surface area contributed by atoms with Crippen molar-refractivity contribution in [1.82, 2.24) is 0 Å². The Labute approximate surface area is 105 Å². The van der Waals surface area contributed by atoms with Gasteiger partial charge in [-0.05, 0) is 19.1 Å². The minimum absolute atomic E-state index is 0.0207. The first-order valence-electron chi connectivity index (χ1n) is 5.84. The van der Waals surface area contributed by atoms with E-state index in [-0.39, 0.29) is 11.7 Å². The summed E-state index contributed by atoms with van der Waals surface area (Å²) < 4.78 is 0. The molecule has 0 spiro atoms. The summed E-state index contributed by atoms with van der Waals surface area (Å²) >= 11 is 0. The van der Waals surface area contributed by atoms with Gasteiger partial charge in [-0.3, -0.25) is 4.79 Å². The summed E-state index contributed by atoms with van der Waals surface area (Å²) in [5.74, 6) is 0.212. The quantitative estimate of drug-likeness (QED) is 0.830. The summed E-state index contributed by atoms with van der Waals surface area (Å²) in [4.78, 5) is 13.7. The molecule has 0 radical (unpaired) electrons. The standard InChI is InChI=1S/C15H13NO2/c1-3-5-9-8-12-13-10(14(9)17)6-4-7-11(13)15(18)16(12)2/h3-8,17H,1-2H3/b5-3+. The van der Waals surface area contributed by atoms with Crippen LogP contribution in [0.1, 0.15) is 22.8 Å². The second-order valence-corrected chi connectivity index (χ2v) is 4.43. The third-order valence-corrected chi connectivity index (χ3v) is 3.38. The van der Waals surface area contributed by atoms with Gasteiger partial charge in [0.1, 0.15) is 5.75 Å². The minimum atomic E-state index is -0.0207. The molecule has 1 aliphatic heterocycles. The molecule has 1 heterocycles. The number of amides is 1. The highest BCUT2D eigenvalue weighted by Crippen LogP contribution is 2.42. The van der Waals surface area contributed by atoms with Crippen molar-refractivity contribution in [2.75, 3.05) is 11.9 Å². The van der Waals surface area contributed by atoms with Crippen molar-refractivity contribution in [3.8, 4) is 5.75 Å². The van der Waals surface area contributed by atoms with Crippen LogP contribution in [0.15, 0.2) is 30.3 Å². The lowest BCUT2D eigenvalue weighted by molar-refractivity contribution is 0.0999. The highest BCUT2D eigenvalue weighted by Gasteiger charge is 2.28. The highest BCUT2D eigenvalue weighted by molar-refractivity contribution is 6.26. The van der Waals surface area contributed by atoms with Gasteiger partial charge in [-0.25, -0.2) is 0 Å². The van der Waals surface area contributed by atoms with Crippen molar-refractivity contribution in [2.45, 2.75) is 6.92 Å². The van der Waals surface area contributed by atoms with Crippen LogP contribution in [0.25, 0.3) is 16.8 Å². The lowest BCUT2D eigenvalue weighted by atomic mass is 10.0. The zero-order valence-electron chi connectivity index (χ0n) is 10.3. The maximum atomic E-state index is 12.1. The van der Waals surface area contributed by atoms with Crippen LogP contribution in [0.3, 0.4) is 0 Å². The molecule has 3 rings (SSSR count). The number of rotatable bonds is 1. The Hall–Kier alpha value is -2.29. The summed E-state index contributed by atoms with van der Waals surface area (Å²) in [6.07, 6.45) is 3.71. The molecule has 18 heavy (non-hydrogen) atoms. The van der Waals surface area contributed by atoms with Gasteiger partial charge in [0.2, 0.25) is 0 Å². The van der Waals surface area contributed by atoms with E-state index in [0.29, 0.717) is 5.56 Å². The molecule has 1 N–H and O–H groups in total. The zero-order chi connectivity index (χ0) is 12.9. The number of nitrogens with zero attached hydrogens (tertiary/aromatic N) is 1. The molecular formula is C15H13NO2. The molecule has 0 atom stereocenters. The van der Waals surface area contributed by atoms with Crippen LogP contribution in [0.4, 0.5) is 5.69 Å². The monoisotopic (exact) mass is 239 g/mol. The number of carbonyl (C=O) groups excluding carboxylic acids is 1. The smallest absolute Gasteiger partial charge is 0.258 e. The van der Waals surface area contributed by atoms with Gasteiger partial charge in [-0.2, -0.15) is 0 Å². The molecule has 3 heteroatoms. The normalized spacial score (nSPS) is 14.1. The number of hydrogen-bond donors (Lipinski definition) is 1. The number of benzene rings is 2. The predicted molar refractivity (Wildman–Crippen MR) is 73.1 cm³/mol. The van der Waals surface area contributed by atoms with E-state index in [1.54, 1.807) is 24.1 Å². The predicted octanol–water partition coefficient (Wildman–Crippen LogP) is 3.17. The van der Waals surface area contributed by atoms with E-state index in [1.165, 1.54) is 0 Å². The molecule has 1 aliphatic rings. The van der Waals surface area contributed by atoms with Gasteiger partial charge in [0.25, 0.3) is 5.91 Å². The number of allylic oxidation sites excluding steroid dienone is 1. The Morgan fingerprint density at radius 3 is 2.83 bits per heavy atom. The van der Waals surface area contributed by atoms with Crippen molar-refractivity contribution in [2.24, 2.45) is 0 Å². The van der Waals surface area contributed by atoms with Crippen molar-refractivity contribution >= 4 is 28.4 Å². The van der Waals surface area contributed by atoms with E-state index >= 15 is 0 Å². The lowest BCUT2D eigenvalue weighted by Crippen LogP contribution is -2.20. The topological polar surface area (TPSA) is 40.5 Å². The second-order valence-electron chi connectivity index (χ2n) is 4.43. The van der Waals surface area contributed by atoms with E-state index in [0.717, 1.165) is 22.0 Å². The average Bonchev–Trinajstić information content (AvgIpc) is 2.62. The summed E-state index contributed by atoms with van der Waals surface area (Å²) in [5.41, 5.74) is 2.25. The first kappa shape index (κ1) is 10.8. The van der Waals surface area contributed by atoms with Crippen LogP contribution in [-0.2, 0) is 0 Å². The van der Waals surface area contributed by atoms with Gasteiger partial charge >= 0.3 is 0 Å². The van der Waals surface area contributed by atoms with Gasteiger partial charge in [-0.15, -0.1) is 0 Å². The second kappa shape index (κ2) is 3.60. The minimum Gasteiger partial charge on any atom is -0.507 e. The summed E-state index contributed by atoms with van der Waals surface area (Å²) in [5, 5.41) is 11.8. The van der Waals surface area contributed by atoms with Crippen molar-refractivity contribution in [3.63, 3.8) is 0 Å². The van der Waals surface area contributed by atoms with Crippen molar-refractivity contribution in [1.29, 1.82) is 0 Å². The van der Waals surface area contributed by atoms with E-state index in [4.69, 9.17) is 0 Å². The summed E-state index contributed by atoms with van der Waals surface area (Å²) in [7, 11) is 1.76. The van der Waals surface area contributed by atoms with Crippen molar-refractivity contribution < 1.29 is 9.90 Å². The fraction of sp³-hybridized carbons (Fsp3) is 0.133. The van der Waals surface area contributed by atoms with E-state index in [1.807, 2.05) is 31.2 Å². The van der Waals surface area contributed by atoms with Crippen LogP contribution in [0.5, 0.6) is 5.75 Å². The fourth-order valence-corrected chi connectivity index (χ4v) is 2.51. The number of phenolic OH excluding ortho intramolecular Hbond substituents is 1. The Bertz CT molecular complexity index is 701. The molecule has 2 aromatic rings. The lowest BCUT2D eigenvalue weighted by Gasteiger charge is -2.12. The Kier molecular flexibility index (Phi) is 2.17. The first-order chi connectivity index (χ1) is 8.65. The molecular weight excluding hydrogens is 226 g/mol. The van der Waals surface area contributed by atoms with E-state index < -0.39 is 0 Å². The van der Waals surface area contributed by atoms with Crippen LogP contribution in [-0.4, -0.2) is 18.1 Å². The summed E-state index contributed by atoms with van der Waals surface area (Å²) in [6.45, 7) is 1.90. The Morgan fingerprint density at radius 1 is 1.33 bits per heavy atom. The third kappa shape index (κ3) is 1.21. The number of anilines is 1. The highest BCUT2D eigenvalue weighted by atomic mass is 16.3. The van der Waals surface area contributed by atoms with Gasteiger partial charge < -0.3 is 10.0 Å². The van der Waals surface area contributed by atoms with Crippen LogP contribution < -0.4 is 4.90 Å². The van der Waals surface area contributed by atoms with Crippen LogP contribution in [0, 0.1) is 0 Å². The zero-order valence-corrected chi connectivity index (χ0v) is 10.3. The largest absolute Gasteiger partial charge is 0.507 e. The van der Waals surface area contributed by atoms with Crippen LogP contribution >= 0.6 is 0 Å². The molecule has 0 bridgehead atoms. The molecule has 3 nitrogen and oxygen atoms in total. The molecule has 0 unspecified atom stereocenters. The Balaban J connectivity index is 2.48. The molecule has 2 aromatic carbocycles. The molecule has 90 valence electrons. The van der Waals surface area contributed by atoms with Gasteiger partial charge in [-0.1, -0.05) is 24.3 Å². The summed E-state index contributed by atoms with van der Waals surface area (Å²) in [6, 6.07) is 7.30. The van der Waals surface area contributed by atoms with E-state index in [2.05, 4.69) is 0 Å². The number of carbonyl (C=O) groups is 1. The number of hydrogen-bond acceptors (Lipinski definition) is 2. The molecule has 0 aromatic heterocycles. The molecule has 0 aliphatic carbocycles. The third-order valence-electron chi connectivity index (χ3n) is 3.38. The fourth-order valence-electron chi connectivity index (χ4n) is 2.51.